The summed E-state index contributed by atoms with van der Waals surface area (Å²) < 4.78 is 8.70. The van der Waals surface area contributed by atoms with Crippen LogP contribution < -0.4 is 10.3 Å². The van der Waals surface area contributed by atoms with Gasteiger partial charge < -0.3 is 14.2 Å². The summed E-state index contributed by atoms with van der Waals surface area (Å²) in [5, 5.41) is 0.908. The van der Waals surface area contributed by atoms with Crippen LogP contribution in [0.15, 0.2) is 53.6 Å². The monoisotopic (exact) mass is 444 g/mol. The molecule has 1 aliphatic heterocycles. The number of nitrogens with zero attached hydrogens (tertiary/aromatic N) is 4. The van der Waals surface area contributed by atoms with Crippen molar-refractivity contribution in [3.05, 3.63) is 70.3 Å². The zero-order valence-corrected chi connectivity index (χ0v) is 19.1. The number of fused-ring (bicyclic) bond motifs is 3. The Morgan fingerprint density at radius 1 is 1.06 bits per heavy atom. The number of ether oxygens (including phenoxy) is 1. The molecule has 0 saturated carbocycles. The molecule has 7 heteroatoms. The van der Waals surface area contributed by atoms with Crippen LogP contribution in [-0.4, -0.2) is 45.1 Å². The molecule has 0 radical (unpaired) electrons. The van der Waals surface area contributed by atoms with Gasteiger partial charge in [0.05, 0.1) is 25.5 Å². The highest BCUT2D eigenvalue weighted by Crippen LogP contribution is 2.27. The number of likely N-dealkylation sites (tertiary alicyclic amines) is 1. The Bertz CT molecular complexity index is 1380. The van der Waals surface area contributed by atoms with E-state index in [1.54, 1.807) is 18.0 Å². The Hall–Kier alpha value is -3.61. The summed E-state index contributed by atoms with van der Waals surface area (Å²) >= 11 is 0. The third-order valence-electron chi connectivity index (χ3n) is 6.50. The van der Waals surface area contributed by atoms with Crippen LogP contribution in [0.3, 0.4) is 0 Å². The highest BCUT2D eigenvalue weighted by molar-refractivity contribution is 6.06. The minimum Gasteiger partial charge on any atom is -0.497 e. The summed E-state index contributed by atoms with van der Waals surface area (Å²) in [6.07, 6.45) is 4.84. The van der Waals surface area contributed by atoms with Gasteiger partial charge in [-0.25, -0.2) is 4.98 Å². The number of methoxy groups -OCH3 is 1. The van der Waals surface area contributed by atoms with E-state index in [9.17, 15) is 9.59 Å². The van der Waals surface area contributed by atoms with E-state index in [4.69, 9.17) is 4.74 Å². The predicted molar refractivity (Wildman–Crippen MR) is 129 cm³/mol. The Balaban J connectivity index is 1.60. The summed E-state index contributed by atoms with van der Waals surface area (Å²) in [4.78, 5) is 33.4. The topological polar surface area (TPSA) is 69.4 Å². The van der Waals surface area contributed by atoms with Crippen molar-refractivity contribution in [3.63, 3.8) is 0 Å². The molecule has 0 unspecified atom stereocenters. The van der Waals surface area contributed by atoms with Crippen LogP contribution in [-0.2, 0) is 17.9 Å². The highest BCUT2D eigenvalue weighted by Gasteiger charge is 2.22. The van der Waals surface area contributed by atoms with Gasteiger partial charge in [0, 0.05) is 18.5 Å². The van der Waals surface area contributed by atoms with Crippen molar-refractivity contribution in [2.24, 2.45) is 0 Å². The molecule has 0 N–H and O–H groups in total. The summed E-state index contributed by atoms with van der Waals surface area (Å²) in [5.41, 5.74) is 3.92. The van der Waals surface area contributed by atoms with Gasteiger partial charge in [0.25, 0.3) is 5.56 Å². The quantitative estimate of drug-likeness (QED) is 0.470. The lowest BCUT2D eigenvalue weighted by Gasteiger charge is -2.27. The van der Waals surface area contributed by atoms with Gasteiger partial charge in [-0.05, 0) is 56.0 Å². The molecule has 0 aliphatic carbocycles. The first-order valence-corrected chi connectivity index (χ1v) is 11.4. The maximum absolute atomic E-state index is 13.6. The Morgan fingerprint density at radius 2 is 1.82 bits per heavy atom. The second-order valence-electron chi connectivity index (χ2n) is 8.77. The van der Waals surface area contributed by atoms with Crippen molar-refractivity contribution in [2.75, 3.05) is 20.2 Å². The van der Waals surface area contributed by atoms with Crippen LogP contribution in [0.4, 0.5) is 0 Å². The lowest BCUT2D eigenvalue weighted by atomic mass is 10.1. The summed E-state index contributed by atoms with van der Waals surface area (Å²) in [6.45, 7) is 4.13. The molecule has 1 amide bonds. The van der Waals surface area contributed by atoms with Crippen LogP contribution in [0.1, 0.15) is 30.4 Å². The number of aryl methyl sites for hydroxylation is 1. The van der Waals surface area contributed by atoms with E-state index < -0.39 is 0 Å². The second kappa shape index (κ2) is 8.73. The van der Waals surface area contributed by atoms with Crippen molar-refractivity contribution in [3.8, 4) is 5.75 Å². The maximum atomic E-state index is 13.6. The number of benzene rings is 2. The fourth-order valence-electron chi connectivity index (χ4n) is 4.70. The highest BCUT2D eigenvalue weighted by atomic mass is 16.5. The minimum absolute atomic E-state index is 0.0547. The molecule has 2 aromatic heterocycles. The Kier molecular flexibility index (Phi) is 5.62. The number of rotatable bonds is 5. The van der Waals surface area contributed by atoms with E-state index in [2.05, 4.69) is 4.98 Å². The van der Waals surface area contributed by atoms with E-state index >= 15 is 0 Å². The maximum Gasteiger partial charge on any atom is 0.278 e. The van der Waals surface area contributed by atoms with Gasteiger partial charge in [-0.15, -0.1) is 0 Å². The van der Waals surface area contributed by atoms with Crippen LogP contribution in [0.5, 0.6) is 5.75 Å². The first kappa shape index (κ1) is 21.2. The predicted octanol–water partition coefficient (Wildman–Crippen LogP) is 3.73. The standard InChI is InChI=1S/C26H28N4O3/c1-18-6-11-22-21(14-18)24-25(30(22)16-23(31)28-12-4-3-5-13-28)26(32)29(17-27-24)15-19-7-9-20(33-2)10-8-19/h6-11,14,17H,3-5,12-13,15-16H2,1-2H3. The lowest BCUT2D eigenvalue weighted by Crippen LogP contribution is -2.38. The molecule has 0 bridgehead atoms. The van der Waals surface area contributed by atoms with Crippen LogP contribution >= 0.6 is 0 Å². The number of aromatic nitrogens is 3. The van der Waals surface area contributed by atoms with E-state index in [0.717, 1.165) is 53.7 Å². The molecule has 3 heterocycles. The van der Waals surface area contributed by atoms with Gasteiger partial charge in [-0.2, -0.15) is 0 Å². The fourth-order valence-corrected chi connectivity index (χ4v) is 4.70. The third-order valence-corrected chi connectivity index (χ3v) is 6.50. The molecule has 2 aromatic carbocycles. The van der Waals surface area contributed by atoms with Crippen LogP contribution in [0, 0.1) is 6.92 Å². The first-order chi connectivity index (χ1) is 16.0. The summed E-state index contributed by atoms with van der Waals surface area (Å²) in [6, 6.07) is 13.7. The van der Waals surface area contributed by atoms with Crippen LogP contribution in [0.25, 0.3) is 21.9 Å². The molecule has 4 aromatic rings. The molecule has 170 valence electrons. The third kappa shape index (κ3) is 3.99. The minimum atomic E-state index is -0.142. The second-order valence-corrected chi connectivity index (χ2v) is 8.77. The smallest absolute Gasteiger partial charge is 0.278 e. The summed E-state index contributed by atoms with van der Waals surface area (Å²) in [5.74, 6) is 0.824. The van der Waals surface area contributed by atoms with Crippen molar-refractivity contribution in [1.82, 2.24) is 19.0 Å². The number of piperidine rings is 1. The molecular weight excluding hydrogens is 416 g/mol. The molecule has 5 rings (SSSR count). The molecule has 33 heavy (non-hydrogen) atoms. The zero-order valence-electron chi connectivity index (χ0n) is 19.1. The van der Waals surface area contributed by atoms with Gasteiger partial charge in [0.15, 0.2) is 0 Å². The van der Waals surface area contributed by atoms with Crippen molar-refractivity contribution < 1.29 is 9.53 Å². The van der Waals surface area contributed by atoms with E-state index in [1.165, 1.54) is 6.42 Å². The molecular formula is C26H28N4O3. The first-order valence-electron chi connectivity index (χ1n) is 11.4. The number of amides is 1. The molecule has 1 aliphatic rings. The SMILES string of the molecule is COc1ccc(Cn2cnc3c4cc(C)ccc4n(CC(=O)N4CCCCC4)c3c2=O)cc1. The number of carbonyl (C=O) groups excluding carboxylic acids is 1. The lowest BCUT2D eigenvalue weighted by molar-refractivity contribution is -0.132. The normalized spacial score (nSPS) is 14.2. The van der Waals surface area contributed by atoms with Gasteiger partial charge in [0.1, 0.15) is 23.3 Å². The average molecular weight is 445 g/mol. The van der Waals surface area contributed by atoms with Gasteiger partial charge in [-0.1, -0.05) is 23.8 Å². The number of hydrogen-bond donors (Lipinski definition) is 0. The van der Waals surface area contributed by atoms with E-state index in [1.807, 2.05) is 58.9 Å². The van der Waals surface area contributed by atoms with Crippen molar-refractivity contribution in [1.29, 1.82) is 0 Å². The molecule has 7 nitrogen and oxygen atoms in total. The number of carbonyl (C=O) groups is 1. The van der Waals surface area contributed by atoms with Gasteiger partial charge in [-0.3, -0.25) is 14.2 Å². The molecule has 0 atom stereocenters. The Labute approximate surface area is 192 Å². The largest absolute Gasteiger partial charge is 0.497 e. The molecule has 1 fully saturated rings. The summed E-state index contributed by atoms with van der Waals surface area (Å²) in [7, 11) is 1.63. The van der Waals surface area contributed by atoms with Gasteiger partial charge >= 0.3 is 0 Å². The van der Waals surface area contributed by atoms with Crippen LogP contribution in [0.2, 0.25) is 0 Å². The Morgan fingerprint density at radius 3 is 2.55 bits per heavy atom. The van der Waals surface area contributed by atoms with Crippen molar-refractivity contribution >= 4 is 27.8 Å². The molecule has 1 saturated heterocycles. The molecule has 0 spiro atoms. The van der Waals surface area contributed by atoms with E-state index in [0.29, 0.717) is 17.6 Å². The van der Waals surface area contributed by atoms with Crippen molar-refractivity contribution in [2.45, 2.75) is 39.3 Å². The van der Waals surface area contributed by atoms with Gasteiger partial charge in [0.2, 0.25) is 5.91 Å². The average Bonchev–Trinajstić information content (AvgIpc) is 3.15. The van der Waals surface area contributed by atoms with E-state index in [-0.39, 0.29) is 18.0 Å². The number of hydrogen-bond acceptors (Lipinski definition) is 4. The fraction of sp³-hybridized carbons (Fsp3) is 0.346. The zero-order chi connectivity index (χ0) is 22.9.